The second kappa shape index (κ2) is 7.37. The average Bonchev–Trinajstić information content (AvgIpc) is 3.30. The summed E-state index contributed by atoms with van der Waals surface area (Å²) in [5, 5.41) is 6.20. The molecule has 0 bridgehead atoms. The number of aromatic nitrogens is 1. The summed E-state index contributed by atoms with van der Waals surface area (Å²) in [7, 11) is 0. The van der Waals surface area contributed by atoms with Crippen LogP contribution in [0.2, 0.25) is 0 Å². The van der Waals surface area contributed by atoms with E-state index in [0.29, 0.717) is 5.57 Å². The molecule has 0 aliphatic carbocycles. The number of amides is 1. The maximum absolute atomic E-state index is 12.2. The first-order chi connectivity index (χ1) is 12.0. The van der Waals surface area contributed by atoms with Crippen LogP contribution in [0.25, 0.3) is 6.08 Å². The Balaban J connectivity index is 1.95. The molecule has 3 heterocycles. The number of H-pyrrole nitrogens is 1. The molecule has 0 fully saturated rings. The molecule has 1 aliphatic heterocycles. The maximum atomic E-state index is 12.2. The summed E-state index contributed by atoms with van der Waals surface area (Å²) in [4.78, 5) is 19.1. The lowest BCUT2D eigenvalue weighted by Crippen LogP contribution is -2.22. The van der Waals surface area contributed by atoms with Crippen LogP contribution >= 0.6 is 11.3 Å². The molecule has 0 unspecified atom stereocenters. The number of nitrogens with one attached hydrogen (secondary N) is 2. The van der Waals surface area contributed by atoms with Crippen LogP contribution in [0.5, 0.6) is 0 Å². The van der Waals surface area contributed by atoms with Gasteiger partial charge in [-0.25, -0.2) is 5.43 Å². The molecule has 0 atom stereocenters. The summed E-state index contributed by atoms with van der Waals surface area (Å²) >= 11 is 1.58. The third kappa shape index (κ3) is 3.45. The number of carbonyl (C=O) groups is 1. The van der Waals surface area contributed by atoms with E-state index in [1.54, 1.807) is 11.3 Å². The normalized spacial score (nSPS) is 16.0. The molecule has 25 heavy (non-hydrogen) atoms. The standard InChI is InChI=1S/C19H24N4OS/c1-5-23(6-2)11-15-12(3)16(20-13(15)4)10-14-18(21-22-19(14)24)17-8-7-9-25-17/h7-10,20H,5-6,11H2,1-4H3,(H,22,24)/b14-10+. The van der Waals surface area contributed by atoms with E-state index < -0.39 is 0 Å². The van der Waals surface area contributed by atoms with Crippen molar-refractivity contribution in [3.05, 3.63) is 50.5 Å². The summed E-state index contributed by atoms with van der Waals surface area (Å²) in [5.74, 6) is -0.152. The second-order valence-corrected chi connectivity index (χ2v) is 7.11. The second-order valence-electron chi connectivity index (χ2n) is 6.17. The van der Waals surface area contributed by atoms with Crippen LogP contribution in [-0.4, -0.2) is 34.6 Å². The van der Waals surface area contributed by atoms with Crippen molar-refractivity contribution in [1.29, 1.82) is 0 Å². The Hall–Kier alpha value is -2.18. The van der Waals surface area contributed by atoms with Gasteiger partial charge < -0.3 is 4.98 Å². The number of hydrogen-bond acceptors (Lipinski definition) is 4. The van der Waals surface area contributed by atoms with Gasteiger partial charge in [0.05, 0.1) is 10.5 Å². The summed E-state index contributed by atoms with van der Waals surface area (Å²) < 4.78 is 0. The van der Waals surface area contributed by atoms with Crippen molar-refractivity contribution in [1.82, 2.24) is 15.3 Å². The number of hydrazone groups is 1. The van der Waals surface area contributed by atoms with Crippen LogP contribution in [0.15, 0.2) is 28.2 Å². The summed E-state index contributed by atoms with van der Waals surface area (Å²) in [6.07, 6.45) is 1.93. The lowest BCUT2D eigenvalue weighted by molar-refractivity contribution is -0.116. The van der Waals surface area contributed by atoms with E-state index in [0.717, 1.165) is 41.6 Å². The molecule has 0 saturated carbocycles. The molecule has 2 aromatic heterocycles. The van der Waals surface area contributed by atoms with Crippen molar-refractivity contribution in [2.45, 2.75) is 34.2 Å². The van der Waals surface area contributed by atoms with Crippen molar-refractivity contribution in [2.75, 3.05) is 13.1 Å². The Labute approximate surface area is 152 Å². The monoisotopic (exact) mass is 356 g/mol. The molecule has 0 radical (unpaired) electrons. The largest absolute Gasteiger partial charge is 0.359 e. The molecule has 132 valence electrons. The van der Waals surface area contributed by atoms with Crippen molar-refractivity contribution >= 4 is 29.0 Å². The van der Waals surface area contributed by atoms with E-state index in [4.69, 9.17) is 0 Å². The summed E-state index contributed by atoms with van der Waals surface area (Å²) in [6, 6.07) is 3.95. The van der Waals surface area contributed by atoms with E-state index in [-0.39, 0.29) is 5.91 Å². The first-order valence-electron chi connectivity index (χ1n) is 8.59. The van der Waals surface area contributed by atoms with E-state index in [2.05, 4.69) is 48.1 Å². The number of carbonyl (C=O) groups excluding carboxylic acids is 1. The molecule has 1 amide bonds. The zero-order chi connectivity index (χ0) is 18.0. The van der Waals surface area contributed by atoms with Crippen LogP contribution in [-0.2, 0) is 11.3 Å². The number of rotatable bonds is 6. The number of aryl methyl sites for hydroxylation is 1. The number of nitrogens with zero attached hydrogens (tertiary/aromatic N) is 2. The van der Waals surface area contributed by atoms with Crippen molar-refractivity contribution in [2.24, 2.45) is 5.10 Å². The van der Waals surface area contributed by atoms with E-state index in [1.807, 2.05) is 23.6 Å². The number of hydrogen-bond donors (Lipinski definition) is 2. The third-order valence-corrected chi connectivity index (χ3v) is 5.60. The Morgan fingerprint density at radius 3 is 2.68 bits per heavy atom. The van der Waals surface area contributed by atoms with Crippen LogP contribution in [0.3, 0.4) is 0 Å². The highest BCUT2D eigenvalue weighted by molar-refractivity contribution is 7.12. The van der Waals surface area contributed by atoms with E-state index >= 15 is 0 Å². The van der Waals surface area contributed by atoms with Crippen LogP contribution in [0.1, 0.15) is 41.2 Å². The first kappa shape index (κ1) is 17.6. The molecule has 2 aromatic rings. The number of thiophene rings is 1. The van der Waals surface area contributed by atoms with Gasteiger partial charge in [-0.05, 0) is 55.6 Å². The van der Waals surface area contributed by atoms with E-state index in [1.165, 1.54) is 11.1 Å². The Bertz CT molecular complexity index is 826. The smallest absolute Gasteiger partial charge is 0.273 e. The van der Waals surface area contributed by atoms with Gasteiger partial charge >= 0.3 is 0 Å². The lowest BCUT2D eigenvalue weighted by atomic mass is 10.0. The molecule has 2 N–H and O–H groups in total. The molecule has 5 nitrogen and oxygen atoms in total. The molecule has 3 rings (SSSR count). The first-order valence-corrected chi connectivity index (χ1v) is 9.47. The topological polar surface area (TPSA) is 60.5 Å². The predicted molar refractivity (Wildman–Crippen MR) is 104 cm³/mol. The van der Waals surface area contributed by atoms with Gasteiger partial charge in [-0.1, -0.05) is 19.9 Å². The molecule has 6 heteroatoms. The van der Waals surface area contributed by atoms with Gasteiger partial charge in [0.15, 0.2) is 0 Å². The van der Waals surface area contributed by atoms with Gasteiger partial charge in [0.2, 0.25) is 0 Å². The zero-order valence-corrected chi connectivity index (χ0v) is 16.0. The lowest BCUT2D eigenvalue weighted by Gasteiger charge is -2.18. The van der Waals surface area contributed by atoms with Crippen molar-refractivity contribution < 1.29 is 4.79 Å². The van der Waals surface area contributed by atoms with Crippen LogP contribution in [0, 0.1) is 13.8 Å². The summed E-state index contributed by atoms with van der Waals surface area (Å²) in [5.41, 5.74) is 8.56. The predicted octanol–water partition coefficient (Wildman–Crippen LogP) is 3.45. The molecular weight excluding hydrogens is 332 g/mol. The highest BCUT2D eigenvalue weighted by Crippen LogP contribution is 2.25. The van der Waals surface area contributed by atoms with Gasteiger partial charge in [0.1, 0.15) is 5.71 Å². The molecule has 0 spiro atoms. The Morgan fingerprint density at radius 2 is 2.04 bits per heavy atom. The highest BCUT2D eigenvalue weighted by atomic mass is 32.1. The van der Waals surface area contributed by atoms with Gasteiger partial charge in [0, 0.05) is 17.9 Å². The van der Waals surface area contributed by atoms with Crippen LogP contribution < -0.4 is 5.43 Å². The Morgan fingerprint density at radius 1 is 1.28 bits per heavy atom. The van der Waals surface area contributed by atoms with Gasteiger partial charge in [-0.2, -0.15) is 5.10 Å². The molecule has 1 aliphatic rings. The fraction of sp³-hybridized carbons (Fsp3) is 0.368. The third-order valence-electron chi connectivity index (χ3n) is 4.72. The maximum Gasteiger partial charge on any atom is 0.273 e. The quantitative estimate of drug-likeness (QED) is 0.779. The van der Waals surface area contributed by atoms with Crippen molar-refractivity contribution in [3.63, 3.8) is 0 Å². The highest BCUT2D eigenvalue weighted by Gasteiger charge is 2.25. The van der Waals surface area contributed by atoms with Crippen molar-refractivity contribution in [3.8, 4) is 0 Å². The van der Waals surface area contributed by atoms with E-state index in [9.17, 15) is 4.79 Å². The molecular formula is C19H24N4OS. The fourth-order valence-corrected chi connectivity index (χ4v) is 3.81. The fourth-order valence-electron chi connectivity index (χ4n) is 3.08. The minimum atomic E-state index is -0.152. The zero-order valence-electron chi connectivity index (χ0n) is 15.1. The average molecular weight is 356 g/mol. The Kier molecular flexibility index (Phi) is 5.20. The minimum absolute atomic E-state index is 0.152. The number of aromatic amines is 1. The SMILES string of the molecule is CCN(CC)Cc1c(C)[nH]c(/C=C2/C(=O)NN=C2c2cccs2)c1C. The molecule has 0 saturated heterocycles. The van der Waals surface area contributed by atoms with Gasteiger partial charge in [-0.3, -0.25) is 9.69 Å². The van der Waals surface area contributed by atoms with Gasteiger partial charge in [-0.15, -0.1) is 11.3 Å². The minimum Gasteiger partial charge on any atom is -0.359 e. The summed E-state index contributed by atoms with van der Waals surface area (Å²) in [6.45, 7) is 11.5. The van der Waals surface area contributed by atoms with Crippen LogP contribution in [0.4, 0.5) is 0 Å². The van der Waals surface area contributed by atoms with Gasteiger partial charge in [0.25, 0.3) is 5.91 Å². The molecule has 0 aromatic carbocycles.